The van der Waals surface area contributed by atoms with E-state index >= 15 is 0 Å². The van der Waals surface area contributed by atoms with Crippen molar-refractivity contribution < 1.29 is 159 Å². The standard InChI is InChI=1S/C36H60O32/c37-3-9(43)23-20(52)29(65-32-22(54)28(19(51)24(62-32)10(44)4-38)64-30-18(50)17(49)16(48)14(7-41)60-30)21(53)31(61-23)63-27-13(2-35(59,33(55)56)67-26(27)12(46)6-40)66-36(34(57)58)1-8(42)15(47)25(68-36)11(45)5-39/h8-32,37-54,59H,1-7H2,(H,55,56)(H,57,58)/t8-,9+,10+,11-,12-,13-,14-,15-,16-,17+,18-,19-,20-,21+,22+,23-,24-,25-,26-,27-,28+,29+,30-,31-,32-,35-,36-/m1/s1. The second kappa shape index (κ2) is 23.1. The smallest absolute Gasteiger partial charge is 0.364 e. The molecule has 5 heterocycles. The predicted molar refractivity (Wildman–Crippen MR) is 201 cm³/mol. The van der Waals surface area contributed by atoms with E-state index in [1.165, 1.54) is 0 Å². The Hall–Kier alpha value is -2.18. The van der Waals surface area contributed by atoms with Crippen molar-refractivity contribution in [3.63, 3.8) is 0 Å². The number of carbonyl (C=O) groups is 2. The molecule has 32 heteroatoms. The summed E-state index contributed by atoms with van der Waals surface area (Å²) >= 11 is 0. The van der Waals surface area contributed by atoms with Gasteiger partial charge in [0.1, 0.15) is 122 Å². The van der Waals surface area contributed by atoms with Crippen LogP contribution in [-0.2, 0) is 52.2 Å². The number of aliphatic carboxylic acids is 2. The average Bonchev–Trinajstić information content (AvgIpc) is 3.30. The van der Waals surface area contributed by atoms with Crippen LogP contribution in [0.3, 0.4) is 0 Å². The summed E-state index contributed by atoms with van der Waals surface area (Å²) in [6.45, 7) is -5.91. The molecule has 5 fully saturated rings. The van der Waals surface area contributed by atoms with Crippen LogP contribution in [0.1, 0.15) is 12.8 Å². The molecule has 0 bridgehead atoms. The normalized spacial score (nSPS) is 47.7. The minimum atomic E-state index is -3.48. The Labute approximate surface area is 382 Å². The maximum Gasteiger partial charge on any atom is 0.364 e. The molecule has 0 aromatic heterocycles. The van der Waals surface area contributed by atoms with Crippen molar-refractivity contribution >= 4 is 11.9 Å². The van der Waals surface area contributed by atoms with E-state index < -0.39 is 223 Å². The van der Waals surface area contributed by atoms with Gasteiger partial charge in [0.2, 0.25) is 0 Å². The zero-order chi connectivity index (χ0) is 50.9. The number of carboxylic acids is 2. The van der Waals surface area contributed by atoms with Crippen LogP contribution in [0.25, 0.3) is 0 Å². The first-order valence-electron chi connectivity index (χ1n) is 20.9. The molecule has 21 N–H and O–H groups in total. The van der Waals surface area contributed by atoms with Crippen LogP contribution >= 0.6 is 0 Å². The maximum absolute atomic E-state index is 12.9. The maximum atomic E-state index is 12.9. The van der Waals surface area contributed by atoms with Gasteiger partial charge in [0.25, 0.3) is 11.6 Å². The first kappa shape index (κ1) is 56.7. The van der Waals surface area contributed by atoms with Crippen LogP contribution in [0.15, 0.2) is 0 Å². The minimum absolute atomic E-state index is 0.957. The van der Waals surface area contributed by atoms with Crippen LogP contribution in [0.2, 0.25) is 0 Å². The summed E-state index contributed by atoms with van der Waals surface area (Å²) in [5.41, 5.74) is 0. The van der Waals surface area contributed by atoms with Gasteiger partial charge in [-0.2, -0.15) is 0 Å². The summed E-state index contributed by atoms with van der Waals surface area (Å²) in [5.74, 6) is -11.1. The van der Waals surface area contributed by atoms with Gasteiger partial charge in [0, 0.05) is 12.8 Å². The molecule has 0 aromatic rings. The fourth-order valence-electron chi connectivity index (χ4n) is 8.38. The van der Waals surface area contributed by atoms with Crippen molar-refractivity contribution in [2.24, 2.45) is 0 Å². The molecule has 0 radical (unpaired) electrons. The number of hydrogen-bond acceptors (Lipinski definition) is 30. The van der Waals surface area contributed by atoms with Gasteiger partial charge in [0.15, 0.2) is 18.9 Å². The molecule has 5 saturated heterocycles. The van der Waals surface area contributed by atoms with Gasteiger partial charge in [-0.3, -0.25) is 0 Å². The van der Waals surface area contributed by atoms with Gasteiger partial charge < -0.3 is 150 Å². The first-order chi connectivity index (χ1) is 31.8. The number of aliphatic hydroxyl groups is 19. The third-order valence-electron chi connectivity index (χ3n) is 12.2. The number of rotatable bonds is 19. The van der Waals surface area contributed by atoms with Gasteiger partial charge in [0.05, 0.1) is 45.2 Å². The van der Waals surface area contributed by atoms with E-state index in [1.54, 1.807) is 0 Å². The second-order valence-electron chi connectivity index (χ2n) is 16.8. The Balaban J connectivity index is 1.53. The van der Waals surface area contributed by atoms with Crippen LogP contribution < -0.4 is 0 Å². The summed E-state index contributed by atoms with van der Waals surface area (Å²) in [6.07, 6.45) is -57.8. The van der Waals surface area contributed by atoms with Gasteiger partial charge in [-0.25, -0.2) is 9.59 Å². The fraction of sp³-hybridized carbons (Fsp3) is 0.944. The molecule has 0 aliphatic carbocycles. The van der Waals surface area contributed by atoms with E-state index in [-0.39, 0.29) is 0 Å². The Morgan fingerprint density at radius 3 is 1.38 bits per heavy atom. The number of ether oxygens (including phenoxy) is 9. The van der Waals surface area contributed by atoms with Crippen molar-refractivity contribution in [3.05, 3.63) is 0 Å². The highest BCUT2D eigenvalue weighted by atomic mass is 16.8. The molecule has 396 valence electrons. The lowest BCUT2D eigenvalue weighted by Gasteiger charge is -2.52. The van der Waals surface area contributed by atoms with Crippen molar-refractivity contribution in [2.75, 3.05) is 33.0 Å². The second-order valence-corrected chi connectivity index (χ2v) is 16.8. The topological polar surface area (TPSA) is 542 Å². The van der Waals surface area contributed by atoms with Crippen molar-refractivity contribution in [1.82, 2.24) is 0 Å². The monoisotopic (exact) mass is 1000 g/mol. The molecule has 0 amide bonds. The van der Waals surface area contributed by atoms with Crippen LogP contribution in [0.4, 0.5) is 0 Å². The zero-order valence-electron chi connectivity index (χ0n) is 35.3. The Morgan fingerprint density at radius 2 is 0.941 bits per heavy atom. The third-order valence-corrected chi connectivity index (χ3v) is 12.2. The van der Waals surface area contributed by atoms with Crippen molar-refractivity contribution in [1.29, 1.82) is 0 Å². The molecule has 0 unspecified atom stereocenters. The van der Waals surface area contributed by atoms with E-state index in [2.05, 4.69) is 0 Å². The summed E-state index contributed by atoms with van der Waals surface area (Å²) in [4.78, 5) is 25.3. The lowest BCUT2D eigenvalue weighted by molar-refractivity contribution is -0.405. The zero-order valence-corrected chi connectivity index (χ0v) is 35.3. The van der Waals surface area contributed by atoms with Gasteiger partial charge >= 0.3 is 11.9 Å². The van der Waals surface area contributed by atoms with Crippen molar-refractivity contribution in [2.45, 2.75) is 178 Å². The molecule has 68 heavy (non-hydrogen) atoms. The number of aliphatic hydroxyl groups excluding tert-OH is 18. The van der Waals surface area contributed by atoms with Gasteiger partial charge in [-0.15, -0.1) is 0 Å². The Bertz CT molecular complexity index is 1630. The van der Waals surface area contributed by atoms with E-state index in [0.29, 0.717) is 0 Å². The molecule has 32 nitrogen and oxygen atoms in total. The Morgan fingerprint density at radius 1 is 0.500 bits per heavy atom. The molecule has 0 aromatic carbocycles. The highest BCUT2D eigenvalue weighted by molar-refractivity contribution is 5.76. The lowest BCUT2D eigenvalue weighted by Crippen LogP contribution is -2.70. The van der Waals surface area contributed by atoms with Gasteiger partial charge in [-0.05, 0) is 0 Å². The molecule has 5 rings (SSSR count). The minimum Gasteiger partial charge on any atom is -0.477 e. The average molecular weight is 1000 g/mol. The summed E-state index contributed by atoms with van der Waals surface area (Å²) in [6, 6.07) is 0. The quantitative estimate of drug-likeness (QED) is 0.0571. The van der Waals surface area contributed by atoms with E-state index in [4.69, 9.17) is 42.6 Å². The van der Waals surface area contributed by atoms with E-state index in [0.717, 1.165) is 0 Å². The fourth-order valence-corrected chi connectivity index (χ4v) is 8.38. The SMILES string of the molecule is O=C(O)[C@@]1(O[C@@H]2C[C@](O)(C(=O)O)O[C@H]([C@H](O)CO)[C@@H]2O[C@H]2O[C@H]([C@@H](O)CO)[C@@H](O)[C@H](O[C@H]3O[C@H]([C@@H](O)CO)[C@@H](O)[C@H](O[C@H]4O[C@H](CO)[C@@H](O)[C@H](O)[C@H]4O)[C@@H]3O)[C@@H]2O)C[C@@H](O)[C@@H](O)[C@@H]([C@H](O)CO)O1. The number of hydrogen-bond donors (Lipinski definition) is 21. The van der Waals surface area contributed by atoms with Gasteiger partial charge in [-0.1, -0.05) is 0 Å². The summed E-state index contributed by atoms with van der Waals surface area (Å²) in [7, 11) is 0. The molecule has 0 saturated carbocycles. The molecular weight excluding hydrogens is 944 g/mol. The molecule has 5 aliphatic heterocycles. The van der Waals surface area contributed by atoms with Crippen molar-refractivity contribution in [3.8, 4) is 0 Å². The first-order valence-corrected chi connectivity index (χ1v) is 20.9. The number of carboxylic acid groups (broad SMARTS) is 2. The lowest BCUT2D eigenvalue weighted by atomic mass is 9.89. The van der Waals surface area contributed by atoms with Crippen LogP contribution in [0, 0.1) is 0 Å². The highest BCUT2D eigenvalue weighted by Gasteiger charge is 2.62. The van der Waals surface area contributed by atoms with Crippen LogP contribution in [-0.4, -0.2) is 317 Å². The molecule has 5 aliphatic rings. The third kappa shape index (κ3) is 11.4. The Kier molecular flexibility index (Phi) is 19.3. The van der Waals surface area contributed by atoms with E-state index in [9.17, 15) is 117 Å². The largest absolute Gasteiger partial charge is 0.477 e. The molecular formula is C36H60O32. The highest BCUT2D eigenvalue weighted by Crippen LogP contribution is 2.42. The van der Waals surface area contributed by atoms with E-state index in [1.807, 2.05) is 0 Å². The van der Waals surface area contributed by atoms with Crippen LogP contribution in [0.5, 0.6) is 0 Å². The molecule has 27 atom stereocenters. The predicted octanol–water partition coefficient (Wildman–Crippen LogP) is -13.5. The summed E-state index contributed by atoms with van der Waals surface area (Å²) in [5, 5.41) is 221. The summed E-state index contributed by atoms with van der Waals surface area (Å²) < 4.78 is 49.8. The molecule has 0 spiro atoms.